The van der Waals surface area contributed by atoms with E-state index < -0.39 is 26.4 Å². The predicted molar refractivity (Wildman–Crippen MR) is 102 cm³/mol. The number of nitrogens with zero attached hydrogens (tertiary/aromatic N) is 3. The van der Waals surface area contributed by atoms with E-state index in [-0.39, 0.29) is 42.4 Å². The van der Waals surface area contributed by atoms with E-state index in [2.05, 4.69) is 4.98 Å². The van der Waals surface area contributed by atoms with E-state index in [0.29, 0.717) is 23.9 Å². The van der Waals surface area contributed by atoms with Crippen molar-refractivity contribution in [3.63, 3.8) is 0 Å². The zero-order valence-electron chi connectivity index (χ0n) is 15.8. The zero-order chi connectivity index (χ0) is 19.9. The summed E-state index contributed by atoms with van der Waals surface area (Å²) < 4.78 is 63.3. The molecule has 1 saturated heterocycles. The van der Waals surface area contributed by atoms with Crippen LogP contribution in [0.25, 0.3) is 11.0 Å². The van der Waals surface area contributed by atoms with Crippen LogP contribution in [0.2, 0.25) is 0 Å². The molecule has 0 radical (unpaired) electrons. The summed E-state index contributed by atoms with van der Waals surface area (Å²) in [6.07, 6.45) is 2.69. The van der Waals surface area contributed by atoms with Crippen LogP contribution in [0, 0.1) is 0 Å². The van der Waals surface area contributed by atoms with Crippen molar-refractivity contribution in [3.8, 4) is 0 Å². The summed E-state index contributed by atoms with van der Waals surface area (Å²) in [5.74, 6) is 0. The Kier molecular flexibility index (Phi) is 6.24. The first-order chi connectivity index (χ1) is 13.3. The first kappa shape index (κ1) is 22.0. The molecule has 0 unspecified atom stereocenters. The van der Waals surface area contributed by atoms with Gasteiger partial charge < -0.3 is 4.55 Å². The van der Waals surface area contributed by atoms with Gasteiger partial charge in [0.1, 0.15) is 0 Å². The van der Waals surface area contributed by atoms with Gasteiger partial charge in [0.2, 0.25) is 0 Å². The Morgan fingerprint density at radius 2 is 1.79 bits per heavy atom. The van der Waals surface area contributed by atoms with Crippen molar-refractivity contribution >= 4 is 31.4 Å². The Labute approximate surface area is 181 Å². The Balaban J connectivity index is 0.00000240. The maximum Gasteiger partial charge on any atom is 1.00 e. The maximum absolute atomic E-state index is 13.3. The van der Waals surface area contributed by atoms with Gasteiger partial charge in [-0.25, -0.2) is 30.1 Å². The van der Waals surface area contributed by atoms with Gasteiger partial charge >= 0.3 is 18.9 Å². The van der Waals surface area contributed by atoms with Gasteiger partial charge in [-0.15, -0.1) is 0 Å². The Hall–Kier alpha value is -1.67. The second-order valence-electron chi connectivity index (χ2n) is 6.70. The van der Waals surface area contributed by atoms with Crippen LogP contribution in [0.15, 0.2) is 59.6 Å². The van der Waals surface area contributed by atoms with Crippen molar-refractivity contribution in [2.24, 2.45) is 0 Å². The molecule has 1 fully saturated rings. The third kappa shape index (κ3) is 4.14. The first-order valence-corrected chi connectivity index (χ1v) is 11.6. The molecule has 0 spiro atoms. The van der Waals surface area contributed by atoms with E-state index in [9.17, 15) is 21.4 Å². The van der Waals surface area contributed by atoms with E-state index in [1.807, 2.05) is 0 Å². The molecular formula is C18H18LiN3O5S2. The number of fused-ring (bicyclic) bond motifs is 1. The number of aromatic nitrogens is 2. The van der Waals surface area contributed by atoms with Gasteiger partial charge in [0.15, 0.2) is 16.0 Å². The van der Waals surface area contributed by atoms with E-state index in [4.69, 9.17) is 0 Å². The largest absolute Gasteiger partial charge is 1.00 e. The summed E-state index contributed by atoms with van der Waals surface area (Å²) in [6.45, 7) is 0.153. The molecule has 148 valence electrons. The third-order valence-corrected chi connectivity index (χ3v) is 7.74. The summed E-state index contributed by atoms with van der Waals surface area (Å²) in [6, 6.07) is 12.6. The number of pyridine rings is 1. The topological polar surface area (TPSA) is 112 Å². The number of benzene rings is 1. The molecular weight excluding hydrogens is 409 g/mol. The summed E-state index contributed by atoms with van der Waals surface area (Å²) in [4.78, 5) is 4.34. The van der Waals surface area contributed by atoms with Crippen LogP contribution in [0.4, 0.5) is 0 Å². The molecule has 0 amide bonds. The van der Waals surface area contributed by atoms with Gasteiger partial charge in [-0.1, -0.05) is 18.2 Å². The van der Waals surface area contributed by atoms with Crippen LogP contribution in [0.5, 0.6) is 0 Å². The fraction of sp³-hybridized carbons (Fsp3) is 0.278. The van der Waals surface area contributed by atoms with E-state index in [1.165, 1.54) is 18.3 Å². The molecule has 2 aromatic heterocycles. The third-order valence-electron chi connectivity index (χ3n) is 4.93. The molecule has 8 nitrogen and oxygen atoms in total. The summed E-state index contributed by atoms with van der Waals surface area (Å²) in [5.41, 5.74) is 0.675. The van der Waals surface area contributed by atoms with Crippen LogP contribution in [0.1, 0.15) is 18.5 Å². The van der Waals surface area contributed by atoms with Crippen LogP contribution < -0.4 is 18.9 Å². The number of hydrogen-bond donors (Lipinski definition) is 0. The van der Waals surface area contributed by atoms with Crippen LogP contribution in [-0.4, -0.2) is 47.2 Å². The molecule has 3 heterocycles. The molecule has 0 aliphatic carbocycles. The van der Waals surface area contributed by atoms with Gasteiger partial charge in [-0.3, -0.25) is 0 Å². The molecule has 1 aliphatic rings. The normalized spacial score (nSPS) is 18.0. The SMILES string of the molecule is O=S(=O)([O-])N1CCC[C@@H]1Cc1cc2cccnc2n1S(=O)(=O)c1ccccc1.[Li+]. The van der Waals surface area contributed by atoms with Crippen molar-refractivity contribution in [1.82, 2.24) is 13.3 Å². The Bertz CT molecular complexity index is 1230. The van der Waals surface area contributed by atoms with Crippen molar-refractivity contribution < 1.29 is 40.2 Å². The summed E-state index contributed by atoms with van der Waals surface area (Å²) in [7, 11) is -8.53. The molecule has 4 rings (SSSR count). The molecule has 1 aliphatic heterocycles. The van der Waals surface area contributed by atoms with Gasteiger partial charge in [0.05, 0.1) is 4.90 Å². The minimum Gasteiger partial charge on any atom is -0.735 e. The van der Waals surface area contributed by atoms with Gasteiger partial charge in [0, 0.05) is 36.3 Å². The summed E-state index contributed by atoms with van der Waals surface area (Å²) >= 11 is 0. The Morgan fingerprint density at radius 3 is 2.48 bits per heavy atom. The van der Waals surface area contributed by atoms with Crippen molar-refractivity contribution in [3.05, 3.63) is 60.4 Å². The predicted octanol–water partition coefficient (Wildman–Crippen LogP) is -1.26. The second kappa shape index (κ2) is 8.22. The van der Waals surface area contributed by atoms with Crippen molar-refractivity contribution in [1.29, 1.82) is 0 Å². The monoisotopic (exact) mass is 427 g/mol. The minimum absolute atomic E-state index is 0. The van der Waals surface area contributed by atoms with Crippen LogP contribution in [-0.2, 0) is 26.7 Å². The van der Waals surface area contributed by atoms with E-state index >= 15 is 0 Å². The average molecular weight is 427 g/mol. The molecule has 0 saturated carbocycles. The molecule has 3 aromatic rings. The molecule has 0 bridgehead atoms. The number of hydrogen-bond acceptors (Lipinski definition) is 6. The minimum atomic E-state index is -4.59. The summed E-state index contributed by atoms with van der Waals surface area (Å²) in [5, 5.41) is 0.631. The van der Waals surface area contributed by atoms with Gasteiger partial charge in [0.25, 0.3) is 10.0 Å². The molecule has 29 heavy (non-hydrogen) atoms. The maximum atomic E-state index is 13.3. The zero-order valence-corrected chi connectivity index (χ0v) is 17.4. The van der Waals surface area contributed by atoms with Crippen LogP contribution in [0.3, 0.4) is 0 Å². The van der Waals surface area contributed by atoms with Crippen LogP contribution >= 0.6 is 0 Å². The Morgan fingerprint density at radius 1 is 1.07 bits per heavy atom. The van der Waals surface area contributed by atoms with Crippen molar-refractivity contribution in [2.45, 2.75) is 30.2 Å². The van der Waals surface area contributed by atoms with Gasteiger partial charge in [-0.05, 0) is 43.2 Å². The fourth-order valence-corrected chi connectivity index (χ4v) is 6.15. The standard InChI is InChI=1S/C18H19N3O5S2.Li/c22-27(23,17-8-2-1-3-9-17)21-16(12-14-6-4-10-19-18(14)21)13-15-7-5-11-20(15)28(24,25)26;/h1-4,6,8-10,12,15H,5,7,11,13H2,(H,24,25,26);/q;+1/p-1/t15-;/m1./s1. The molecule has 1 aromatic carbocycles. The van der Waals surface area contributed by atoms with E-state index in [1.54, 1.807) is 36.4 Å². The molecule has 1 atom stereocenters. The van der Waals surface area contributed by atoms with Gasteiger partial charge in [-0.2, -0.15) is 0 Å². The average Bonchev–Trinajstić information content (AvgIpc) is 3.26. The molecule has 11 heteroatoms. The smallest absolute Gasteiger partial charge is 0.735 e. The second-order valence-corrected chi connectivity index (χ2v) is 9.81. The fourth-order valence-electron chi connectivity index (χ4n) is 3.72. The van der Waals surface area contributed by atoms with Crippen molar-refractivity contribution in [2.75, 3.05) is 6.54 Å². The van der Waals surface area contributed by atoms with E-state index in [0.717, 1.165) is 8.28 Å². The quantitative estimate of drug-likeness (QED) is 0.371. The number of rotatable bonds is 5. The molecule has 0 N–H and O–H groups in total. The first-order valence-electron chi connectivity index (χ1n) is 8.77.